The third-order valence-electron chi connectivity index (χ3n) is 3.69. The number of ether oxygens (including phenoxy) is 1. The normalized spacial score (nSPS) is 11.9. The number of carbonyl (C=O) groups excluding carboxylic acids is 1. The number of rotatable bonds is 6. The first-order valence-corrected chi connectivity index (χ1v) is 8.34. The van der Waals surface area contributed by atoms with Crippen molar-refractivity contribution >= 4 is 17.2 Å². The minimum atomic E-state index is -0.381. The highest BCUT2D eigenvalue weighted by Crippen LogP contribution is 2.29. The summed E-state index contributed by atoms with van der Waals surface area (Å²) in [5.74, 6) is 0.754. The largest absolute Gasteiger partial charge is 0.497 e. The van der Waals surface area contributed by atoms with Crippen LogP contribution in [0.5, 0.6) is 5.75 Å². The Morgan fingerprint density at radius 3 is 2.75 bits per heavy atom. The second-order valence-corrected chi connectivity index (χ2v) is 6.43. The number of hydrogen-bond donors (Lipinski definition) is 1. The van der Waals surface area contributed by atoms with Crippen molar-refractivity contribution in [3.8, 4) is 16.2 Å². The van der Waals surface area contributed by atoms with E-state index in [1.165, 1.54) is 17.3 Å². The fourth-order valence-corrected chi connectivity index (χ4v) is 3.20. The van der Waals surface area contributed by atoms with E-state index in [4.69, 9.17) is 4.74 Å². The van der Waals surface area contributed by atoms with Gasteiger partial charge in [-0.25, -0.2) is 9.67 Å². The fraction of sp³-hybridized carbons (Fsp3) is 0.235. The maximum absolute atomic E-state index is 12.2. The van der Waals surface area contributed by atoms with Gasteiger partial charge in [0.25, 0.3) is 0 Å². The average molecular weight is 342 g/mol. The molecule has 0 saturated carbocycles. The number of thiophene rings is 1. The van der Waals surface area contributed by atoms with Crippen molar-refractivity contribution in [3.05, 3.63) is 53.9 Å². The zero-order valence-corrected chi connectivity index (χ0v) is 14.3. The van der Waals surface area contributed by atoms with Gasteiger partial charge < -0.3 is 10.1 Å². The highest BCUT2D eigenvalue weighted by molar-refractivity contribution is 7.15. The predicted octanol–water partition coefficient (Wildman–Crippen LogP) is 2.89. The van der Waals surface area contributed by atoms with Gasteiger partial charge in [-0.1, -0.05) is 0 Å². The van der Waals surface area contributed by atoms with Crippen LogP contribution in [-0.2, 0) is 11.3 Å². The van der Waals surface area contributed by atoms with Crippen molar-refractivity contribution in [2.45, 2.75) is 19.5 Å². The molecular weight excluding hydrogens is 324 g/mol. The van der Waals surface area contributed by atoms with Crippen LogP contribution in [0.1, 0.15) is 17.8 Å². The van der Waals surface area contributed by atoms with Crippen LogP contribution in [0.25, 0.3) is 10.4 Å². The molecule has 0 fully saturated rings. The maximum atomic E-state index is 12.2. The predicted molar refractivity (Wildman–Crippen MR) is 92.9 cm³/mol. The number of hydrogen-bond acceptors (Lipinski definition) is 5. The Bertz CT molecular complexity index is 796. The summed E-state index contributed by atoms with van der Waals surface area (Å²) >= 11 is 1.66. The zero-order chi connectivity index (χ0) is 16.9. The standard InChI is InChI=1S/C17H18N4O2S/c1-12(21-11-18-10-20-21)17(22)19-9-15-7-8-16(24-15)13-3-5-14(23-2)6-4-13/h3-8,10-12H,9H2,1-2H3,(H,19,22). The smallest absolute Gasteiger partial charge is 0.244 e. The molecule has 0 aliphatic rings. The fourth-order valence-electron chi connectivity index (χ4n) is 2.24. The molecule has 7 heteroatoms. The lowest BCUT2D eigenvalue weighted by Crippen LogP contribution is -2.30. The van der Waals surface area contributed by atoms with Crippen molar-refractivity contribution in [2.75, 3.05) is 7.11 Å². The topological polar surface area (TPSA) is 69.0 Å². The van der Waals surface area contributed by atoms with Crippen LogP contribution < -0.4 is 10.1 Å². The van der Waals surface area contributed by atoms with E-state index in [1.54, 1.807) is 25.4 Å². The summed E-state index contributed by atoms with van der Waals surface area (Å²) in [6.45, 7) is 2.29. The summed E-state index contributed by atoms with van der Waals surface area (Å²) < 4.78 is 6.71. The molecule has 0 radical (unpaired) electrons. The van der Waals surface area contributed by atoms with Gasteiger partial charge in [0.05, 0.1) is 13.7 Å². The Balaban J connectivity index is 1.60. The molecule has 0 spiro atoms. The number of methoxy groups -OCH3 is 1. The third kappa shape index (κ3) is 3.62. The molecule has 2 heterocycles. The third-order valence-corrected chi connectivity index (χ3v) is 4.82. The van der Waals surface area contributed by atoms with Crippen molar-refractivity contribution in [2.24, 2.45) is 0 Å². The van der Waals surface area contributed by atoms with E-state index < -0.39 is 0 Å². The van der Waals surface area contributed by atoms with E-state index in [9.17, 15) is 4.79 Å². The van der Waals surface area contributed by atoms with E-state index in [-0.39, 0.29) is 11.9 Å². The quantitative estimate of drug-likeness (QED) is 0.748. The molecule has 0 aliphatic carbocycles. The summed E-state index contributed by atoms with van der Waals surface area (Å²) in [5.41, 5.74) is 1.13. The van der Waals surface area contributed by atoms with E-state index in [0.717, 1.165) is 21.1 Å². The SMILES string of the molecule is COc1ccc(-c2ccc(CNC(=O)C(C)n3cncn3)s2)cc1. The molecule has 1 atom stereocenters. The van der Waals surface area contributed by atoms with Crippen molar-refractivity contribution in [3.63, 3.8) is 0 Å². The molecule has 3 rings (SSSR count). The number of amides is 1. The molecule has 0 saturated heterocycles. The van der Waals surface area contributed by atoms with E-state index >= 15 is 0 Å². The van der Waals surface area contributed by atoms with Crippen LogP contribution in [0, 0.1) is 0 Å². The summed E-state index contributed by atoms with van der Waals surface area (Å²) in [5, 5.41) is 6.92. The maximum Gasteiger partial charge on any atom is 0.244 e. The second kappa shape index (κ2) is 7.27. The minimum absolute atomic E-state index is 0.0834. The Hall–Kier alpha value is -2.67. The van der Waals surface area contributed by atoms with Gasteiger partial charge in [-0.2, -0.15) is 5.10 Å². The number of benzene rings is 1. The number of carbonyl (C=O) groups is 1. The van der Waals surface area contributed by atoms with Crippen LogP contribution in [0.2, 0.25) is 0 Å². The van der Waals surface area contributed by atoms with Crippen LogP contribution in [0.15, 0.2) is 49.1 Å². The van der Waals surface area contributed by atoms with Gasteiger partial charge in [-0.05, 0) is 48.9 Å². The van der Waals surface area contributed by atoms with Gasteiger partial charge in [-0.15, -0.1) is 11.3 Å². The second-order valence-electron chi connectivity index (χ2n) is 5.26. The lowest BCUT2D eigenvalue weighted by atomic mass is 10.2. The van der Waals surface area contributed by atoms with Crippen LogP contribution in [0.4, 0.5) is 0 Å². The van der Waals surface area contributed by atoms with Crippen LogP contribution >= 0.6 is 11.3 Å². The summed E-state index contributed by atoms with van der Waals surface area (Å²) in [7, 11) is 1.65. The molecule has 1 unspecified atom stereocenters. The lowest BCUT2D eigenvalue weighted by molar-refractivity contribution is -0.124. The first-order valence-electron chi connectivity index (χ1n) is 7.52. The highest BCUT2D eigenvalue weighted by Gasteiger charge is 2.15. The van der Waals surface area contributed by atoms with Crippen molar-refractivity contribution in [1.82, 2.24) is 20.1 Å². The van der Waals surface area contributed by atoms with Crippen LogP contribution in [0.3, 0.4) is 0 Å². The molecule has 1 aromatic carbocycles. The van der Waals surface area contributed by atoms with Gasteiger partial charge in [-0.3, -0.25) is 4.79 Å². The minimum Gasteiger partial charge on any atom is -0.497 e. The summed E-state index contributed by atoms with van der Waals surface area (Å²) in [6, 6.07) is 11.7. The number of nitrogens with zero attached hydrogens (tertiary/aromatic N) is 3. The molecule has 6 nitrogen and oxygen atoms in total. The molecule has 1 amide bonds. The van der Waals surface area contributed by atoms with Gasteiger partial charge in [0.1, 0.15) is 24.4 Å². The van der Waals surface area contributed by atoms with Gasteiger partial charge >= 0.3 is 0 Å². The molecule has 0 aliphatic heterocycles. The Morgan fingerprint density at radius 1 is 1.29 bits per heavy atom. The van der Waals surface area contributed by atoms with Gasteiger partial charge in [0.15, 0.2) is 0 Å². The zero-order valence-electron chi connectivity index (χ0n) is 13.5. The number of nitrogens with one attached hydrogen (secondary N) is 1. The average Bonchev–Trinajstić information content (AvgIpc) is 3.31. The summed E-state index contributed by atoms with van der Waals surface area (Å²) in [6.07, 6.45) is 2.96. The highest BCUT2D eigenvalue weighted by atomic mass is 32.1. The lowest BCUT2D eigenvalue weighted by Gasteiger charge is -2.11. The van der Waals surface area contributed by atoms with Gasteiger partial charge in [0, 0.05) is 9.75 Å². The van der Waals surface area contributed by atoms with E-state index in [2.05, 4.69) is 21.5 Å². The number of aromatic nitrogens is 3. The molecule has 0 bridgehead atoms. The first-order chi connectivity index (χ1) is 11.7. The Morgan fingerprint density at radius 2 is 2.08 bits per heavy atom. The molecule has 1 N–H and O–H groups in total. The first kappa shape index (κ1) is 16.2. The van der Waals surface area contributed by atoms with Crippen molar-refractivity contribution in [1.29, 1.82) is 0 Å². The van der Waals surface area contributed by atoms with Crippen molar-refractivity contribution < 1.29 is 9.53 Å². The molecular formula is C17H18N4O2S. The van der Waals surface area contributed by atoms with Crippen LogP contribution in [-0.4, -0.2) is 27.8 Å². The molecule has 24 heavy (non-hydrogen) atoms. The molecule has 3 aromatic rings. The molecule has 2 aromatic heterocycles. The monoisotopic (exact) mass is 342 g/mol. The molecule has 124 valence electrons. The van der Waals surface area contributed by atoms with Gasteiger partial charge in [0.2, 0.25) is 5.91 Å². The van der Waals surface area contributed by atoms with E-state index in [0.29, 0.717) is 6.54 Å². The van der Waals surface area contributed by atoms with E-state index in [1.807, 2.05) is 30.3 Å². The Kier molecular flexibility index (Phi) is 4.90. The Labute approximate surface area is 144 Å². The summed E-state index contributed by atoms with van der Waals surface area (Å²) in [4.78, 5) is 18.3.